The van der Waals surface area contributed by atoms with E-state index in [9.17, 15) is 14.7 Å². The lowest BCUT2D eigenvalue weighted by atomic mass is 10.1. The fourth-order valence-corrected chi connectivity index (χ4v) is 5.49. The highest BCUT2D eigenvalue weighted by atomic mass is 33.1. The van der Waals surface area contributed by atoms with Crippen molar-refractivity contribution in [2.45, 2.75) is 69.6 Å². The molecule has 0 spiro atoms. The molecular formula is C16H29N3O3S2. The molecule has 1 saturated heterocycles. The van der Waals surface area contributed by atoms with E-state index in [-0.39, 0.29) is 5.91 Å². The third-order valence-corrected chi connectivity index (χ3v) is 6.81. The molecule has 0 bridgehead atoms. The van der Waals surface area contributed by atoms with E-state index in [1.165, 1.54) is 12.2 Å². The number of carbonyl (C=O) groups is 2. The molecule has 24 heavy (non-hydrogen) atoms. The minimum absolute atomic E-state index is 0.160. The zero-order valence-electron chi connectivity index (χ0n) is 14.3. The Kier molecular flexibility index (Phi) is 11.0. The topological polar surface area (TPSA) is 105 Å². The van der Waals surface area contributed by atoms with Crippen molar-refractivity contribution in [1.29, 1.82) is 0 Å². The van der Waals surface area contributed by atoms with Crippen molar-refractivity contribution in [2.24, 2.45) is 10.7 Å². The summed E-state index contributed by atoms with van der Waals surface area (Å²) in [6.45, 7) is 2.32. The highest BCUT2D eigenvalue weighted by Crippen LogP contribution is 2.39. The van der Waals surface area contributed by atoms with Gasteiger partial charge in [0.2, 0.25) is 5.91 Å². The zero-order valence-corrected chi connectivity index (χ0v) is 16.0. The lowest BCUT2D eigenvalue weighted by Gasteiger charge is -2.14. The molecule has 0 aromatic rings. The van der Waals surface area contributed by atoms with Crippen LogP contribution in [0.5, 0.6) is 0 Å². The van der Waals surface area contributed by atoms with Gasteiger partial charge in [-0.05, 0) is 45.4 Å². The highest BCUT2D eigenvalue weighted by Gasteiger charge is 2.19. The number of carboxylic acids is 1. The quantitative estimate of drug-likeness (QED) is 0.210. The summed E-state index contributed by atoms with van der Waals surface area (Å²) >= 11 is 0. The van der Waals surface area contributed by atoms with Crippen LogP contribution in [-0.2, 0) is 9.59 Å². The third kappa shape index (κ3) is 10.1. The molecule has 1 amide bonds. The molecular weight excluding hydrogens is 346 g/mol. The molecule has 0 radical (unpaired) electrons. The van der Waals surface area contributed by atoms with Crippen molar-refractivity contribution in [3.8, 4) is 0 Å². The second kappa shape index (κ2) is 12.5. The maximum atomic E-state index is 11.9. The number of nitrogens with one attached hydrogen (secondary N) is 1. The first-order chi connectivity index (χ1) is 11.5. The number of hydrogen-bond donors (Lipinski definition) is 3. The van der Waals surface area contributed by atoms with Gasteiger partial charge in [0.05, 0.1) is 5.84 Å². The Morgan fingerprint density at radius 3 is 2.75 bits per heavy atom. The smallest absolute Gasteiger partial charge is 0.326 e. The molecule has 1 fully saturated rings. The zero-order chi connectivity index (χ0) is 17.8. The number of amidine groups is 1. The first-order valence-electron chi connectivity index (χ1n) is 8.56. The summed E-state index contributed by atoms with van der Waals surface area (Å²) in [4.78, 5) is 27.2. The second-order valence-corrected chi connectivity index (χ2v) is 8.84. The van der Waals surface area contributed by atoms with Crippen molar-refractivity contribution in [1.82, 2.24) is 5.32 Å². The number of aliphatic imine (C=N–C) groups is 1. The predicted molar refractivity (Wildman–Crippen MR) is 103 cm³/mol. The van der Waals surface area contributed by atoms with Gasteiger partial charge in [-0.1, -0.05) is 28.0 Å². The van der Waals surface area contributed by atoms with Gasteiger partial charge < -0.3 is 16.2 Å². The molecule has 0 aromatic heterocycles. The summed E-state index contributed by atoms with van der Waals surface area (Å²) in [7, 11) is 3.88. The fourth-order valence-electron chi connectivity index (χ4n) is 2.46. The van der Waals surface area contributed by atoms with E-state index >= 15 is 0 Å². The van der Waals surface area contributed by atoms with Crippen molar-refractivity contribution >= 4 is 39.3 Å². The van der Waals surface area contributed by atoms with E-state index in [1.807, 2.05) is 21.6 Å². The van der Waals surface area contributed by atoms with Crippen LogP contribution in [-0.4, -0.2) is 46.4 Å². The summed E-state index contributed by atoms with van der Waals surface area (Å²) in [6, 6.07) is -0.803. The first-order valence-corrected chi connectivity index (χ1v) is 10.9. The Hall–Kier alpha value is -0.890. The van der Waals surface area contributed by atoms with Gasteiger partial charge in [-0.15, -0.1) is 0 Å². The van der Waals surface area contributed by atoms with E-state index in [1.54, 1.807) is 6.92 Å². The van der Waals surface area contributed by atoms with Gasteiger partial charge in [-0.25, -0.2) is 4.79 Å². The van der Waals surface area contributed by atoms with Gasteiger partial charge in [-0.2, -0.15) is 0 Å². The standard InChI is InChI=1S/C16H29N3O3S2/c1-12(17)18-10-5-4-7-14(16(21)22)19-15(20)8-3-2-6-13-9-11-23-24-13/h13-14H,2-11H2,1H3,(H2,17,18)(H,19,20)(H,21,22)/t13-,14+/m1/s1. The SMILES string of the molecule is CC(N)=NCCCC[C@H](NC(=O)CCCC[C@@H]1CCSS1)C(=O)O. The van der Waals surface area contributed by atoms with Crippen LogP contribution >= 0.6 is 21.6 Å². The van der Waals surface area contributed by atoms with E-state index in [2.05, 4.69) is 10.3 Å². The molecule has 1 aliphatic heterocycles. The molecule has 1 heterocycles. The molecule has 0 saturated carbocycles. The highest BCUT2D eigenvalue weighted by molar-refractivity contribution is 8.77. The van der Waals surface area contributed by atoms with Crippen molar-refractivity contribution < 1.29 is 14.7 Å². The maximum Gasteiger partial charge on any atom is 0.326 e. The van der Waals surface area contributed by atoms with Gasteiger partial charge in [0.25, 0.3) is 0 Å². The fraction of sp³-hybridized carbons (Fsp3) is 0.812. The molecule has 1 aliphatic rings. The average molecular weight is 376 g/mol. The third-order valence-electron chi connectivity index (χ3n) is 3.80. The van der Waals surface area contributed by atoms with Crippen LogP contribution in [0.4, 0.5) is 0 Å². The lowest BCUT2D eigenvalue weighted by molar-refractivity contribution is -0.142. The number of amides is 1. The molecule has 6 nitrogen and oxygen atoms in total. The molecule has 8 heteroatoms. The Morgan fingerprint density at radius 1 is 1.33 bits per heavy atom. The summed E-state index contributed by atoms with van der Waals surface area (Å²) in [5.74, 6) is 0.632. The number of carboxylic acid groups (broad SMARTS) is 1. The van der Waals surface area contributed by atoms with Gasteiger partial charge in [0, 0.05) is 24.0 Å². The van der Waals surface area contributed by atoms with Crippen molar-refractivity contribution in [2.75, 3.05) is 12.3 Å². The molecule has 2 atom stereocenters. The average Bonchev–Trinajstić information content (AvgIpc) is 3.03. The van der Waals surface area contributed by atoms with Crippen molar-refractivity contribution in [3.63, 3.8) is 0 Å². The van der Waals surface area contributed by atoms with Crippen LogP contribution in [0.2, 0.25) is 0 Å². The molecule has 0 aromatic carbocycles. The van der Waals surface area contributed by atoms with Gasteiger partial charge in [-0.3, -0.25) is 9.79 Å². The molecule has 138 valence electrons. The normalized spacial score (nSPS) is 19.2. The van der Waals surface area contributed by atoms with Crippen LogP contribution in [0.25, 0.3) is 0 Å². The van der Waals surface area contributed by atoms with Crippen LogP contribution in [0.1, 0.15) is 58.3 Å². The van der Waals surface area contributed by atoms with Crippen LogP contribution in [0, 0.1) is 0 Å². The number of carbonyl (C=O) groups excluding carboxylic acids is 1. The Morgan fingerprint density at radius 2 is 2.12 bits per heavy atom. The maximum absolute atomic E-state index is 11.9. The molecule has 1 rings (SSSR count). The predicted octanol–water partition coefficient (Wildman–Crippen LogP) is 2.82. The Balaban J connectivity index is 2.14. The second-order valence-electron chi connectivity index (χ2n) is 6.05. The summed E-state index contributed by atoms with van der Waals surface area (Å²) in [5, 5.41) is 12.6. The van der Waals surface area contributed by atoms with E-state index in [0.717, 1.165) is 30.9 Å². The van der Waals surface area contributed by atoms with Crippen molar-refractivity contribution in [3.05, 3.63) is 0 Å². The van der Waals surface area contributed by atoms with Gasteiger partial charge >= 0.3 is 5.97 Å². The molecule has 0 aliphatic carbocycles. The van der Waals surface area contributed by atoms with Gasteiger partial charge in [0.1, 0.15) is 6.04 Å². The van der Waals surface area contributed by atoms with Gasteiger partial charge in [0.15, 0.2) is 0 Å². The Labute approximate surface area is 152 Å². The minimum atomic E-state index is -0.971. The number of hydrogen-bond acceptors (Lipinski definition) is 5. The minimum Gasteiger partial charge on any atom is -0.480 e. The van der Waals surface area contributed by atoms with Crippen LogP contribution in [0.15, 0.2) is 4.99 Å². The number of nitrogens with zero attached hydrogens (tertiary/aromatic N) is 1. The van der Waals surface area contributed by atoms with Crippen LogP contribution in [0.3, 0.4) is 0 Å². The number of nitrogens with two attached hydrogens (primary N) is 1. The summed E-state index contributed by atoms with van der Waals surface area (Å²) in [5.41, 5.74) is 5.44. The lowest BCUT2D eigenvalue weighted by Crippen LogP contribution is -2.40. The summed E-state index contributed by atoms with van der Waals surface area (Å²) in [6.07, 6.45) is 6.56. The van der Waals surface area contributed by atoms with E-state index < -0.39 is 12.0 Å². The van der Waals surface area contributed by atoms with E-state index in [0.29, 0.717) is 31.6 Å². The number of unbranched alkanes of at least 4 members (excludes halogenated alkanes) is 2. The molecule has 4 N–H and O–H groups in total. The molecule has 0 unspecified atom stereocenters. The number of aliphatic carboxylic acids is 1. The Bertz CT molecular complexity index is 423. The van der Waals surface area contributed by atoms with Crippen LogP contribution < -0.4 is 11.1 Å². The largest absolute Gasteiger partial charge is 0.480 e. The van der Waals surface area contributed by atoms with E-state index in [4.69, 9.17) is 5.73 Å². The number of rotatable bonds is 12. The first kappa shape index (κ1) is 21.2. The monoisotopic (exact) mass is 375 g/mol. The summed E-state index contributed by atoms with van der Waals surface area (Å²) < 4.78 is 0.